The van der Waals surface area contributed by atoms with Gasteiger partial charge < -0.3 is 10.6 Å². The van der Waals surface area contributed by atoms with Crippen molar-refractivity contribution in [3.8, 4) is 6.07 Å². The number of benzene rings is 1. The van der Waals surface area contributed by atoms with Crippen LogP contribution in [0.15, 0.2) is 29.3 Å². The molecule has 0 saturated heterocycles. The van der Waals surface area contributed by atoms with Crippen molar-refractivity contribution in [2.75, 3.05) is 6.54 Å². The smallest absolute Gasteiger partial charge is 0.191 e. The summed E-state index contributed by atoms with van der Waals surface area (Å²) < 4.78 is 0. The van der Waals surface area contributed by atoms with Crippen molar-refractivity contribution in [3.05, 3.63) is 35.4 Å². The number of guanidine groups is 1. The van der Waals surface area contributed by atoms with E-state index in [2.05, 4.69) is 28.6 Å². The maximum Gasteiger partial charge on any atom is 0.191 e. The fraction of sp³-hybridized carbons (Fsp3) is 0.500. The molecule has 20 heavy (non-hydrogen) atoms. The van der Waals surface area contributed by atoms with Gasteiger partial charge in [-0.2, -0.15) is 5.26 Å². The monoisotopic (exact) mass is 270 g/mol. The van der Waals surface area contributed by atoms with Gasteiger partial charge in [0.1, 0.15) is 0 Å². The molecular weight excluding hydrogens is 248 g/mol. The Morgan fingerprint density at radius 3 is 2.90 bits per heavy atom. The van der Waals surface area contributed by atoms with Crippen LogP contribution >= 0.6 is 0 Å². The van der Waals surface area contributed by atoms with Crippen LogP contribution in [-0.4, -0.2) is 18.5 Å². The van der Waals surface area contributed by atoms with E-state index in [-0.39, 0.29) is 0 Å². The second kappa shape index (κ2) is 7.54. The molecule has 0 spiro atoms. The van der Waals surface area contributed by atoms with Crippen LogP contribution in [0.2, 0.25) is 0 Å². The van der Waals surface area contributed by atoms with Gasteiger partial charge in [0.15, 0.2) is 5.96 Å². The number of aliphatic imine (C=N–C) groups is 1. The molecule has 1 aromatic carbocycles. The summed E-state index contributed by atoms with van der Waals surface area (Å²) in [4.78, 5) is 4.61. The quantitative estimate of drug-likeness (QED) is 0.653. The van der Waals surface area contributed by atoms with Crippen molar-refractivity contribution in [2.24, 2.45) is 4.99 Å². The largest absolute Gasteiger partial charge is 0.357 e. The van der Waals surface area contributed by atoms with Crippen molar-refractivity contribution >= 4 is 5.96 Å². The molecule has 0 atom stereocenters. The third-order valence-corrected chi connectivity index (χ3v) is 3.52. The fourth-order valence-electron chi connectivity index (χ4n) is 2.49. The molecule has 2 rings (SSSR count). The van der Waals surface area contributed by atoms with Gasteiger partial charge in [-0.3, -0.25) is 0 Å². The molecule has 4 nitrogen and oxygen atoms in total. The van der Waals surface area contributed by atoms with Crippen LogP contribution in [0.3, 0.4) is 0 Å². The Morgan fingerprint density at radius 1 is 1.40 bits per heavy atom. The van der Waals surface area contributed by atoms with Gasteiger partial charge in [0.2, 0.25) is 0 Å². The highest BCUT2D eigenvalue weighted by Crippen LogP contribution is 2.17. The first-order chi connectivity index (χ1) is 9.81. The minimum Gasteiger partial charge on any atom is -0.357 e. The summed E-state index contributed by atoms with van der Waals surface area (Å²) in [6.07, 6.45) is 5.07. The Kier molecular flexibility index (Phi) is 5.43. The fourth-order valence-corrected chi connectivity index (χ4v) is 2.49. The summed E-state index contributed by atoms with van der Waals surface area (Å²) in [5.74, 6) is 0.877. The molecule has 1 saturated carbocycles. The summed E-state index contributed by atoms with van der Waals surface area (Å²) in [7, 11) is 0. The lowest BCUT2D eigenvalue weighted by molar-refractivity contribution is 0.614. The zero-order chi connectivity index (χ0) is 14.2. The first kappa shape index (κ1) is 14.4. The number of hydrogen-bond acceptors (Lipinski definition) is 2. The maximum atomic E-state index is 8.90. The Hall–Kier alpha value is -2.02. The number of nitrogens with zero attached hydrogens (tertiary/aromatic N) is 2. The van der Waals surface area contributed by atoms with E-state index in [9.17, 15) is 0 Å². The first-order valence-corrected chi connectivity index (χ1v) is 7.35. The summed E-state index contributed by atoms with van der Waals surface area (Å²) in [6.45, 7) is 3.52. The standard InChI is InChI=1S/C16H22N4/c1-2-18-16(20-15-8-3-4-9-15)19-12-14-7-5-6-13(10-14)11-17/h5-7,10,15H,2-4,8-9,12H2,1H3,(H2,18,19,20). The molecule has 0 amide bonds. The molecule has 1 aromatic rings. The van der Waals surface area contributed by atoms with Gasteiger partial charge in [-0.15, -0.1) is 0 Å². The van der Waals surface area contributed by atoms with Gasteiger partial charge in [-0.25, -0.2) is 4.99 Å². The SMILES string of the molecule is CCNC(=NCc1cccc(C#N)c1)NC1CCCC1. The van der Waals surface area contributed by atoms with Crippen molar-refractivity contribution in [1.29, 1.82) is 5.26 Å². The van der Waals surface area contributed by atoms with E-state index in [0.717, 1.165) is 18.1 Å². The van der Waals surface area contributed by atoms with Crippen molar-refractivity contribution < 1.29 is 0 Å². The third-order valence-electron chi connectivity index (χ3n) is 3.52. The van der Waals surface area contributed by atoms with E-state index >= 15 is 0 Å². The second-order valence-electron chi connectivity index (χ2n) is 5.13. The Balaban J connectivity index is 1.98. The Bertz CT molecular complexity index is 495. The van der Waals surface area contributed by atoms with Gasteiger partial charge in [-0.05, 0) is 37.5 Å². The average molecular weight is 270 g/mol. The minimum atomic E-state index is 0.554. The molecule has 0 aliphatic heterocycles. The molecular formula is C16H22N4. The van der Waals surface area contributed by atoms with Crippen LogP contribution < -0.4 is 10.6 Å². The highest BCUT2D eigenvalue weighted by Gasteiger charge is 2.15. The molecule has 0 bridgehead atoms. The van der Waals surface area contributed by atoms with Crippen molar-refractivity contribution in [1.82, 2.24) is 10.6 Å². The topological polar surface area (TPSA) is 60.2 Å². The van der Waals surface area contributed by atoms with Gasteiger partial charge >= 0.3 is 0 Å². The van der Waals surface area contributed by atoms with Crippen LogP contribution in [0.4, 0.5) is 0 Å². The van der Waals surface area contributed by atoms with E-state index in [1.165, 1.54) is 25.7 Å². The number of rotatable bonds is 4. The van der Waals surface area contributed by atoms with E-state index in [0.29, 0.717) is 18.2 Å². The summed E-state index contributed by atoms with van der Waals surface area (Å²) in [5, 5.41) is 15.7. The molecule has 1 fully saturated rings. The molecule has 0 heterocycles. The highest BCUT2D eigenvalue weighted by molar-refractivity contribution is 5.80. The summed E-state index contributed by atoms with van der Waals surface area (Å²) in [6, 6.07) is 10.3. The molecule has 0 unspecified atom stereocenters. The first-order valence-electron chi connectivity index (χ1n) is 7.35. The van der Waals surface area contributed by atoms with E-state index in [1.54, 1.807) is 0 Å². The second-order valence-corrected chi connectivity index (χ2v) is 5.13. The van der Waals surface area contributed by atoms with E-state index in [1.807, 2.05) is 24.3 Å². The number of nitriles is 1. The van der Waals surface area contributed by atoms with Crippen LogP contribution in [0.25, 0.3) is 0 Å². The lowest BCUT2D eigenvalue weighted by atomic mass is 10.1. The van der Waals surface area contributed by atoms with Gasteiger partial charge in [0.25, 0.3) is 0 Å². The van der Waals surface area contributed by atoms with Crippen LogP contribution in [-0.2, 0) is 6.54 Å². The lowest BCUT2D eigenvalue weighted by Crippen LogP contribution is -2.42. The predicted octanol–water partition coefficient (Wildman–Crippen LogP) is 2.56. The normalized spacial score (nSPS) is 15.9. The molecule has 106 valence electrons. The van der Waals surface area contributed by atoms with E-state index in [4.69, 9.17) is 5.26 Å². The van der Waals surface area contributed by atoms with Gasteiger partial charge in [0.05, 0.1) is 18.2 Å². The number of nitrogens with one attached hydrogen (secondary N) is 2. The Morgan fingerprint density at radius 2 is 2.20 bits per heavy atom. The van der Waals surface area contributed by atoms with E-state index < -0.39 is 0 Å². The van der Waals surface area contributed by atoms with Crippen LogP contribution in [0.5, 0.6) is 0 Å². The molecule has 2 N–H and O–H groups in total. The van der Waals surface area contributed by atoms with Crippen molar-refractivity contribution in [2.45, 2.75) is 45.2 Å². The van der Waals surface area contributed by atoms with Crippen LogP contribution in [0.1, 0.15) is 43.7 Å². The summed E-state index contributed by atoms with van der Waals surface area (Å²) in [5.41, 5.74) is 1.75. The molecule has 1 aliphatic rings. The highest BCUT2D eigenvalue weighted by atomic mass is 15.2. The van der Waals surface area contributed by atoms with Crippen LogP contribution in [0, 0.1) is 11.3 Å². The minimum absolute atomic E-state index is 0.554. The maximum absolute atomic E-state index is 8.90. The zero-order valence-electron chi connectivity index (χ0n) is 12.0. The zero-order valence-corrected chi connectivity index (χ0v) is 12.0. The number of hydrogen-bond donors (Lipinski definition) is 2. The molecule has 1 aliphatic carbocycles. The van der Waals surface area contributed by atoms with Gasteiger partial charge in [0, 0.05) is 12.6 Å². The predicted molar refractivity (Wildman–Crippen MR) is 81.4 cm³/mol. The third kappa shape index (κ3) is 4.27. The molecule has 0 aromatic heterocycles. The lowest BCUT2D eigenvalue weighted by Gasteiger charge is -2.16. The molecule has 0 radical (unpaired) electrons. The van der Waals surface area contributed by atoms with Gasteiger partial charge in [-0.1, -0.05) is 25.0 Å². The molecule has 4 heteroatoms. The van der Waals surface area contributed by atoms with Crippen molar-refractivity contribution in [3.63, 3.8) is 0 Å². The average Bonchev–Trinajstić information content (AvgIpc) is 2.98. The summed E-state index contributed by atoms with van der Waals surface area (Å²) >= 11 is 0. The Labute approximate surface area is 120 Å².